The highest BCUT2D eigenvalue weighted by Crippen LogP contribution is 2.18. The van der Waals surface area contributed by atoms with Crippen molar-refractivity contribution in [3.63, 3.8) is 0 Å². The predicted octanol–water partition coefficient (Wildman–Crippen LogP) is 1.66. The molecule has 114 valence electrons. The fourth-order valence-corrected chi connectivity index (χ4v) is 1.85. The van der Waals surface area contributed by atoms with Crippen LogP contribution >= 0.6 is 0 Å². The molecule has 0 saturated heterocycles. The molecule has 2 aromatic rings. The van der Waals surface area contributed by atoms with E-state index in [9.17, 15) is 14.9 Å². The van der Waals surface area contributed by atoms with Crippen molar-refractivity contribution in [3.05, 3.63) is 74.3 Å². The minimum Gasteiger partial charge on any atom is -0.306 e. The Kier molecular flexibility index (Phi) is 4.86. The van der Waals surface area contributed by atoms with Crippen molar-refractivity contribution in [2.24, 2.45) is 0 Å². The molecule has 1 aromatic heterocycles. The van der Waals surface area contributed by atoms with Gasteiger partial charge in [0.25, 0.3) is 11.2 Å². The normalized spacial score (nSPS) is 10.6. The van der Waals surface area contributed by atoms with Crippen LogP contribution in [0.1, 0.15) is 11.3 Å². The summed E-state index contributed by atoms with van der Waals surface area (Å²) >= 11 is 0. The molecule has 1 aromatic carbocycles. The number of nitro benzene ring substituents is 1. The molecule has 0 spiro atoms. The Balaban J connectivity index is 1.91. The smallest absolute Gasteiger partial charge is 0.272 e. The van der Waals surface area contributed by atoms with Crippen molar-refractivity contribution in [2.45, 2.75) is 13.3 Å². The number of rotatable bonds is 6. The topological polar surface area (TPSA) is 113 Å². The van der Waals surface area contributed by atoms with Gasteiger partial charge < -0.3 is 5.43 Å². The lowest BCUT2D eigenvalue weighted by Crippen LogP contribution is -2.20. The Hall–Kier alpha value is -3.16. The summed E-state index contributed by atoms with van der Waals surface area (Å²) in [4.78, 5) is 28.3. The maximum atomic E-state index is 11.2. The maximum absolute atomic E-state index is 11.2. The summed E-state index contributed by atoms with van der Waals surface area (Å²) in [5.41, 5.74) is 6.51. The van der Waals surface area contributed by atoms with Crippen LogP contribution in [-0.2, 0) is 6.42 Å². The molecule has 0 aliphatic rings. The fraction of sp³-hybridized carbons (Fsp3) is 0.143. The van der Waals surface area contributed by atoms with E-state index in [4.69, 9.17) is 0 Å². The molecule has 0 saturated carbocycles. The lowest BCUT2D eigenvalue weighted by Gasteiger charge is -2.04. The second-order valence-corrected chi connectivity index (χ2v) is 4.50. The van der Waals surface area contributed by atoms with Gasteiger partial charge in [-0.3, -0.25) is 25.3 Å². The number of hydrogen-bond donors (Lipinski definition) is 3. The second-order valence-electron chi connectivity index (χ2n) is 4.50. The van der Waals surface area contributed by atoms with E-state index in [-0.39, 0.29) is 11.2 Å². The average molecular weight is 301 g/mol. The Morgan fingerprint density at radius 2 is 2.18 bits per heavy atom. The highest BCUT2D eigenvalue weighted by atomic mass is 16.6. The van der Waals surface area contributed by atoms with Crippen molar-refractivity contribution >= 4 is 11.6 Å². The molecule has 0 radical (unpaired) electrons. The monoisotopic (exact) mass is 301 g/mol. The van der Waals surface area contributed by atoms with E-state index < -0.39 is 4.92 Å². The number of allylic oxidation sites excluding steroid dienone is 1. The van der Waals surface area contributed by atoms with Crippen molar-refractivity contribution in [1.82, 2.24) is 15.4 Å². The first-order chi connectivity index (χ1) is 10.6. The second kappa shape index (κ2) is 7.02. The van der Waals surface area contributed by atoms with Gasteiger partial charge in [-0.1, -0.05) is 24.3 Å². The van der Waals surface area contributed by atoms with Crippen LogP contribution in [0.3, 0.4) is 0 Å². The Morgan fingerprint density at radius 3 is 2.91 bits per heavy atom. The van der Waals surface area contributed by atoms with E-state index in [1.807, 2.05) is 0 Å². The van der Waals surface area contributed by atoms with Gasteiger partial charge in [0.05, 0.1) is 4.92 Å². The first kappa shape index (κ1) is 15.2. The number of aromatic amines is 1. The quantitative estimate of drug-likeness (QED) is 0.552. The van der Waals surface area contributed by atoms with E-state index in [1.54, 1.807) is 37.4 Å². The van der Waals surface area contributed by atoms with Gasteiger partial charge in [-0.25, -0.2) is 4.98 Å². The number of hydrazine groups is 1. The van der Waals surface area contributed by atoms with Gasteiger partial charge in [0.2, 0.25) is 5.95 Å². The Labute approximate surface area is 126 Å². The number of anilines is 1. The molecule has 0 amide bonds. The third-order valence-corrected chi connectivity index (χ3v) is 2.79. The molecule has 0 aliphatic carbocycles. The number of hydrogen-bond acceptors (Lipinski definition) is 6. The van der Waals surface area contributed by atoms with Crippen LogP contribution in [0.25, 0.3) is 0 Å². The van der Waals surface area contributed by atoms with Crippen molar-refractivity contribution in [1.29, 1.82) is 0 Å². The highest BCUT2D eigenvalue weighted by Gasteiger charge is 2.09. The van der Waals surface area contributed by atoms with Gasteiger partial charge in [0.15, 0.2) is 0 Å². The summed E-state index contributed by atoms with van der Waals surface area (Å²) < 4.78 is 0. The molecular formula is C14H15N5O3. The summed E-state index contributed by atoms with van der Waals surface area (Å²) in [6.45, 7) is 1.71. The molecule has 0 fully saturated rings. The molecule has 0 aliphatic heterocycles. The van der Waals surface area contributed by atoms with Gasteiger partial charge in [-0.2, -0.15) is 0 Å². The molecule has 22 heavy (non-hydrogen) atoms. The van der Waals surface area contributed by atoms with Crippen molar-refractivity contribution in [3.8, 4) is 0 Å². The van der Waals surface area contributed by atoms with E-state index in [0.29, 0.717) is 23.6 Å². The number of nitrogens with zero attached hydrogens (tertiary/aromatic N) is 2. The third kappa shape index (κ3) is 4.17. The number of nitrogens with one attached hydrogen (secondary N) is 3. The SMILES string of the molecule is Cc1cc(=O)[nH]c(NN/C=C/Cc2ccccc2[N+](=O)[O-])n1. The molecule has 3 N–H and O–H groups in total. The number of aromatic nitrogens is 2. The number of benzene rings is 1. The number of para-hydroxylation sites is 1. The summed E-state index contributed by atoms with van der Waals surface area (Å²) in [5.74, 6) is 0.292. The Morgan fingerprint density at radius 1 is 1.41 bits per heavy atom. The van der Waals surface area contributed by atoms with Crippen LogP contribution in [-0.4, -0.2) is 14.9 Å². The number of nitro groups is 1. The lowest BCUT2D eigenvalue weighted by atomic mass is 10.1. The minimum atomic E-state index is -0.406. The summed E-state index contributed by atoms with van der Waals surface area (Å²) in [7, 11) is 0. The largest absolute Gasteiger partial charge is 0.306 e. The van der Waals surface area contributed by atoms with E-state index >= 15 is 0 Å². The molecule has 8 nitrogen and oxygen atoms in total. The van der Waals surface area contributed by atoms with Crippen LogP contribution in [0.5, 0.6) is 0 Å². The summed E-state index contributed by atoms with van der Waals surface area (Å²) in [5, 5.41) is 10.9. The van der Waals surface area contributed by atoms with Gasteiger partial charge in [0.1, 0.15) is 0 Å². The molecule has 2 rings (SSSR count). The summed E-state index contributed by atoms with van der Waals surface area (Å²) in [6, 6.07) is 7.94. The standard InChI is InChI=1S/C14H15N5O3/c1-10-9-13(20)17-14(16-10)18-15-8-4-6-11-5-2-3-7-12(11)19(21)22/h2-5,7-9,15H,6H2,1H3,(H2,16,17,18,20)/b8-4+. The van der Waals surface area contributed by atoms with Crippen LogP contribution < -0.4 is 16.4 Å². The zero-order valence-corrected chi connectivity index (χ0v) is 11.9. The van der Waals surface area contributed by atoms with E-state index in [1.165, 1.54) is 12.1 Å². The van der Waals surface area contributed by atoms with Crippen molar-refractivity contribution in [2.75, 3.05) is 5.43 Å². The van der Waals surface area contributed by atoms with Crippen LogP contribution in [0.2, 0.25) is 0 Å². The minimum absolute atomic E-state index is 0.0878. The first-order valence-corrected chi connectivity index (χ1v) is 6.53. The Bertz CT molecular complexity index is 754. The van der Waals surface area contributed by atoms with Crippen molar-refractivity contribution < 1.29 is 4.92 Å². The zero-order chi connectivity index (χ0) is 15.9. The fourth-order valence-electron chi connectivity index (χ4n) is 1.85. The van der Waals surface area contributed by atoms with Gasteiger partial charge >= 0.3 is 0 Å². The number of H-pyrrole nitrogens is 1. The molecule has 0 bridgehead atoms. The van der Waals surface area contributed by atoms with Gasteiger partial charge in [-0.05, 0) is 13.3 Å². The van der Waals surface area contributed by atoms with E-state index in [2.05, 4.69) is 20.8 Å². The van der Waals surface area contributed by atoms with E-state index in [0.717, 1.165) is 0 Å². The predicted molar refractivity (Wildman–Crippen MR) is 82.3 cm³/mol. The van der Waals surface area contributed by atoms with Gasteiger partial charge in [0, 0.05) is 29.6 Å². The third-order valence-electron chi connectivity index (χ3n) is 2.79. The van der Waals surface area contributed by atoms with Crippen LogP contribution in [0, 0.1) is 17.0 Å². The number of aryl methyl sites for hydroxylation is 1. The average Bonchev–Trinajstić information content (AvgIpc) is 2.46. The maximum Gasteiger partial charge on any atom is 0.272 e. The lowest BCUT2D eigenvalue weighted by molar-refractivity contribution is -0.385. The molecule has 1 heterocycles. The molecule has 8 heteroatoms. The molecule has 0 atom stereocenters. The van der Waals surface area contributed by atoms with Crippen LogP contribution in [0.4, 0.5) is 11.6 Å². The van der Waals surface area contributed by atoms with Crippen LogP contribution in [0.15, 0.2) is 47.4 Å². The first-order valence-electron chi connectivity index (χ1n) is 6.53. The summed E-state index contributed by atoms with van der Waals surface area (Å²) in [6.07, 6.45) is 3.71. The zero-order valence-electron chi connectivity index (χ0n) is 11.9. The molecule has 0 unspecified atom stereocenters. The van der Waals surface area contributed by atoms with Gasteiger partial charge in [-0.15, -0.1) is 0 Å². The highest BCUT2D eigenvalue weighted by molar-refractivity contribution is 5.40. The molecular weight excluding hydrogens is 286 g/mol.